The number of fused-ring (bicyclic) bond motifs is 1. The second-order valence-electron chi connectivity index (χ2n) is 6.39. The van der Waals surface area contributed by atoms with Crippen molar-refractivity contribution in [1.82, 2.24) is 14.8 Å². The van der Waals surface area contributed by atoms with Gasteiger partial charge in [-0.15, -0.1) is 0 Å². The van der Waals surface area contributed by atoms with E-state index in [2.05, 4.69) is 9.88 Å². The average Bonchev–Trinajstić information content (AvgIpc) is 2.65. The maximum absolute atomic E-state index is 13.1. The van der Waals surface area contributed by atoms with Crippen molar-refractivity contribution in [3.8, 4) is 5.75 Å². The molecule has 0 fully saturated rings. The molecule has 5 nitrogen and oxygen atoms in total. The van der Waals surface area contributed by atoms with Gasteiger partial charge in [0.2, 0.25) is 0 Å². The van der Waals surface area contributed by atoms with E-state index in [9.17, 15) is 4.79 Å². The van der Waals surface area contributed by atoms with Crippen LogP contribution in [0.3, 0.4) is 0 Å². The molecule has 0 unspecified atom stereocenters. The molecule has 0 radical (unpaired) electrons. The summed E-state index contributed by atoms with van der Waals surface area (Å²) in [6.07, 6.45) is 5.48. The number of benzene rings is 1. The molecule has 1 aliphatic rings. The number of aromatic nitrogens is 1. The lowest BCUT2D eigenvalue weighted by Crippen LogP contribution is -2.38. The molecule has 2 heterocycles. The summed E-state index contributed by atoms with van der Waals surface area (Å²) >= 11 is 0. The lowest BCUT2D eigenvalue weighted by atomic mass is 10.1. The van der Waals surface area contributed by atoms with Crippen LogP contribution in [0.2, 0.25) is 0 Å². The summed E-state index contributed by atoms with van der Waals surface area (Å²) in [6, 6.07) is 11.7. The summed E-state index contributed by atoms with van der Waals surface area (Å²) in [7, 11) is 4.01. The van der Waals surface area contributed by atoms with Crippen molar-refractivity contribution >= 4 is 12.0 Å². The van der Waals surface area contributed by atoms with Gasteiger partial charge in [0, 0.05) is 37.6 Å². The Hall–Kier alpha value is -2.66. The lowest BCUT2D eigenvalue weighted by Gasteiger charge is -2.27. The van der Waals surface area contributed by atoms with Crippen LogP contribution in [0, 0.1) is 0 Å². The number of carbonyl (C=O) groups is 1. The summed E-state index contributed by atoms with van der Waals surface area (Å²) in [5.41, 5.74) is 2.65. The van der Waals surface area contributed by atoms with Gasteiger partial charge in [0.05, 0.1) is 5.57 Å². The van der Waals surface area contributed by atoms with Crippen molar-refractivity contribution in [1.29, 1.82) is 0 Å². The number of ether oxygens (including phenoxy) is 1. The number of carbonyl (C=O) groups excluding carboxylic acids is 1. The Morgan fingerprint density at radius 3 is 2.76 bits per heavy atom. The molecule has 130 valence electrons. The average molecular weight is 337 g/mol. The monoisotopic (exact) mass is 337 g/mol. The van der Waals surface area contributed by atoms with E-state index < -0.39 is 0 Å². The number of rotatable bonds is 6. The van der Waals surface area contributed by atoms with E-state index in [0.717, 1.165) is 23.4 Å². The molecule has 0 saturated heterocycles. The lowest BCUT2D eigenvalue weighted by molar-refractivity contribution is -0.128. The quantitative estimate of drug-likeness (QED) is 0.812. The standard InChI is InChI=1S/C20H23N3O2/c1-22(2)10-11-23(14-16-6-5-9-21-13-16)20(24)18-12-17-7-3-4-8-19(17)25-15-18/h3-9,12-13H,10-11,14-15H2,1-2H3. The molecule has 0 saturated carbocycles. The minimum Gasteiger partial charge on any atom is -0.488 e. The topological polar surface area (TPSA) is 45.7 Å². The van der Waals surface area contributed by atoms with Gasteiger partial charge in [-0.3, -0.25) is 9.78 Å². The predicted octanol–water partition coefficient (Wildman–Crippen LogP) is 2.45. The third-order valence-electron chi connectivity index (χ3n) is 4.11. The molecule has 3 rings (SSSR count). The fraction of sp³-hybridized carbons (Fsp3) is 0.300. The van der Waals surface area contributed by atoms with Gasteiger partial charge in [0.1, 0.15) is 12.4 Å². The Balaban J connectivity index is 1.80. The summed E-state index contributed by atoms with van der Waals surface area (Å²) in [6.45, 7) is 2.30. The zero-order chi connectivity index (χ0) is 17.6. The largest absolute Gasteiger partial charge is 0.488 e. The van der Waals surface area contributed by atoms with E-state index in [1.165, 1.54) is 0 Å². The summed E-state index contributed by atoms with van der Waals surface area (Å²) in [4.78, 5) is 21.1. The van der Waals surface area contributed by atoms with Crippen LogP contribution in [0.1, 0.15) is 11.1 Å². The van der Waals surface area contributed by atoms with E-state index in [4.69, 9.17) is 4.74 Å². The summed E-state index contributed by atoms with van der Waals surface area (Å²) < 4.78 is 5.74. The number of para-hydroxylation sites is 1. The molecule has 1 aromatic heterocycles. The molecular weight excluding hydrogens is 314 g/mol. The van der Waals surface area contributed by atoms with Gasteiger partial charge in [-0.05, 0) is 37.9 Å². The maximum Gasteiger partial charge on any atom is 0.253 e. The molecule has 25 heavy (non-hydrogen) atoms. The minimum atomic E-state index is 0.0141. The highest BCUT2D eigenvalue weighted by atomic mass is 16.5. The van der Waals surface area contributed by atoms with Crippen molar-refractivity contribution in [2.75, 3.05) is 33.8 Å². The van der Waals surface area contributed by atoms with Crippen molar-refractivity contribution in [2.45, 2.75) is 6.54 Å². The van der Waals surface area contributed by atoms with Crippen LogP contribution in [0.5, 0.6) is 5.75 Å². The second kappa shape index (κ2) is 7.94. The Bertz CT molecular complexity index is 757. The molecule has 1 aromatic carbocycles. The molecule has 5 heteroatoms. The zero-order valence-corrected chi connectivity index (χ0v) is 14.7. The van der Waals surface area contributed by atoms with Crippen LogP contribution < -0.4 is 4.74 Å². The molecule has 1 aliphatic heterocycles. The van der Waals surface area contributed by atoms with E-state index in [0.29, 0.717) is 25.3 Å². The first-order valence-corrected chi connectivity index (χ1v) is 8.39. The first-order chi connectivity index (χ1) is 12.1. The van der Waals surface area contributed by atoms with Gasteiger partial charge in [0.25, 0.3) is 5.91 Å². The van der Waals surface area contributed by atoms with Crippen molar-refractivity contribution < 1.29 is 9.53 Å². The highest BCUT2D eigenvalue weighted by Gasteiger charge is 2.22. The fourth-order valence-electron chi connectivity index (χ4n) is 2.73. The number of nitrogens with zero attached hydrogens (tertiary/aromatic N) is 3. The Labute approximate surface area is 148 Å². The predicted molar refractivity (Wildman–Crippen MR) is 98.1 cm³/mol. The van der Waals surface area contributed by atoms with Crippen LogP contribution in [-0.4, -0.2) is 54.5 Å². The van der Waals surface area contributed by atoms with Gasteiger partial charge in [-0.25, -0.2) is 0 Å². The Kier molecular flexibility index (Phi) is 5.46. The molecule has 0 atom stereocenters. The third kappa shape index (κ3) is 4.45. The molecule has 0 spiro atoms. The van der Waals surface area contributed by atoms with Crippen LogP contribution in [0.15, 0.2) is 54.4 Å². The number of amides is 1. The smallest absolute Gasteiger partial charge is 0.253 e. The molecule has 0 N–H and O–H groups in total. The molecule has 1 amide bonds. The van der Waals surface area contributed by atoms with Crippen molar-refractivity contribution in [3.05, 3.63) is 65.5 Å². The zero-order valence-electron chi connectivity index (χ0n) is 14.7. The number of likely N-dealkylation sites (N-methyl/N-ethyl adjacent to an activating group) is 1. The van der Waals surface area contributed by atoms with Crippen LogP contribution >= 0.6 is 0 Å². The number of pyridine rings is 1. The van der Waals surface area contributed by atoms with Crippen molar-refractivity contribution in [3.63, 3.8) is 0 Å². The van der Waals surface area contributed by atoms with Gasteiger partial charge in [0.15, 0.2) is 0 Å². The SMILES string of the molecule is CN(C)CCN(Cc1cccnc1)C(=O)C1=Cc2ccccc2OC1. The Morgan fingerprint density at radius 1 is 1.16 bits per heavy atom. The van der Waals surface area contributed by atoms with Gasteiger partial charge in [-0.1, -0.05) is 24.3 Å². The van der Waals surface area contributed by atoms with Crippen LogP contribution in [0.4, 0.5) is 0 Å². The molecule has 0 bridgehead atoms. The summed E-state index contributed by atoms with van der Waals surface area (Å²) in [5.74, 6) is 0.839. The van der Waals surface area contributed by atoms with Gasteiger partial charge < -0.3 is 14.5 Å². The Morgan fingerprint density at radius 2 is 2.00 bits per heavy atom. The molecular formula is C20H23N3O2. The normalized spacial score (nSPS) is 13.0. The van der Waals surface area contributed by atoms with Gasteiger partial charge >= 0.3 is 0 Å². The summed E-state index contributed by atoms with van der Waals surface area (Å²) in [5, 5.41) is 0. The van der Waals surface area contributed by atoms with Gasteiger partial charge in [-0.2, -0.15) is 0 Å². The number of hydrogen-bond donors (Lipinski definition) is 0. The third-order valence-corrected chi connectivity index (χ3v) is 4.11. The number of hydrogen-bond acceptors (Lipinski definition) is 4. The van der Waals surface area contributed by atoms with E-state index in [-0.39, 0.29) is 5.91 Å². The second-order valence-corrected chi connectivity index (χ2v) is 6.39. The van der Waals surface area contributed by atoms with E-state index in [1.54, 1.807) is 12.4 Å². The van der Waals surface area contributed by atoms with E-state index in [1.807, 2.05) is 61.5 Å². The maximum atomic E-state index is 13.1. The first-order valence-electron chi connectivity index (χ1n) is 8.39. The molecule has 0 aliphatic carbocycles. The minimum absolute atomic E-state index is 0.0141. The van der Waals surface area contributed by atoms with Crippen LogP contribution in [-0.2, 0) is 11.3 Å². The molecule has 2 aromatic rings. The first kappa shape index (κ1) is 17.2. The highest BCUT2D eigenvalue weighted by Crippen LogP contribution is 2.26. The fourth-order valence-corrected chi connectivity index (χ4v) is 2.73. The van der Waals surface area contributed by atoms with E-state index >= 15 is 0 Å². The van der Waals surface area contributed by atoms with Crippen molar-refractivity contribution in [2.24, 2.45) is 0 Å². The highest BCUT2D eigenvalue weighted by molar-refractivity contribution is 5.99. The van der Waals surface area contributed by atoms with Crippen LogP contribution in [0.25, 0.3) is 6.08 Å².